The molecule has 0 heterocycles. The molecular weight excluding hydrogens is 268 g/mol. The van der Waals surface area contributed by atoms with Crippen LogP contribution >= 0.6 is 0 Å². The van der Waals surface area contributed by atoms with E-state index in [1.54, 1.807) is 0 Å². The van der Waals surface area contributed by atoms with E-state index in [1.807, 2.05) is 12.1 Å². The molecule has 0 aliphatic heterocycles. The van der Waals surface area contributed by atoms with Crippen LogP contribution in [0.2, 0.25) is 18.1 Å². The van der Waals surface area contributed by atoms with Crippen LogP contribution in [0.3, 0.4) is 0 Å². The van der Waals surface area contributed by atoms with Crippen molar-refractivity contribution in [3.63, 3.8) is 0 Å². The average molecular weight is 294 g/mol. The Labute approximate surface area is 123 Å². The summed E-state index contributed by atoms with van der Waals surface area (Å²) >= 11 is 0. The summed E-state index contributed by atoms with van der Waals surface area (Å²) in [7, 11) is -1.59. The average Bonchev–Trinajstić information content (AvgIpc) is 2.46. The molecule has 0 saturated carbocycles. The zero-order valence-electron chi connectivity index (χ0n) is 13.1. The second kappa shape index (κ2) is 8.10. The summed E-state index contributed by atoms with van der Waals surface area (Å²) in [6.45, 7) is 8.56. The molecule has 3 nitrogen and oxygen atoms in total. The van der Waals surface area contributed by atoms with Crippen molar-refractivity contribution in [2.24, 2.45) is 0 Å². The van der Waals surface area contributed by atoms with Crippen LogP contribution < -0.4 is 4.43 Å². The molecule has 1 aromatic rings. The van der Waals surface area contributed by atoms with E-state index in [-0.39, 0.29) is 5.97 Å². The molecule has 0 amide bonds. The van der Waals surface area contributed by atoms with Crippen molar-refractivity contribution in [1.29, 1.82) is 0 Å². The molecule has 0 saturated heterocycles. The summed E-state index contributed by atoms with van der Waals surface area (Å²) in [5, 5.41) is 0. The zero-order valence-corrected chi connectivity index (χ0v) is 14.1. The lowest BCUT2D eigenvalue weighted by molar-refractivity contribution is -0.140. The first-order valence-electron chi connectivity index (χ1n) is 7.46. The topological polar surface area (TPSA) is 35.5 Å². The van der Waals surface area contributed by atoms with Gasteiger partial charge >= 0.3 is 5.97 Å². The molecule has 4 heteroatoms. The Hall–Kier alpha value is -1.29. The largest absolute Gasteiger partial charge is 0.544 e. The van der Waals surface area contributed by atoms with Crippen LogP contribution in [-0.2, 0) is 16.0 Å². The predicted octanol–water partition coefficient (Wildman–Crippen LogP) is 4.18. The van der Waals surface area contributed by atoms with Crippen molar-refractivity contribution in [1.82, 2.24) is 0 Å². The first-order chi connectivity index (χ1) is 9.55. The van der Waals surface area contributed by atoms with E-state index in [4.69, 9.17) is 9.16 Å². The fourth-order valence-corrected chi connectivity index (χ4v) is 4.82. The van der Waals surface area contributed by atoms with Gasteiger partial charge in [0.25, 0.3) is 0 Å². The van der Waals surface area contributed by atoms with Crippen molar-refractivity contribution >= 4 is 14.3 Å². The number of rotatable bonds is 8. The van der Waals surface area contributed by atoms with E-state index in [0.717, 1.165) is 35.9 Å². The zero-order chi connectivity index (χ0) is 15.0. The Morgan fingerprint density at radius 1 is 1.05 bits per heavy atom. The molecule has 0 bridgehead atoms. The molecule has 0 N–H and O–H groups in total. The lowest BCUT2D eigenvalue weighted by atomic mass is 10.1. The Morgan fingerprint density at radius 3 is 2.05 bits per heavy atom. The maximum atomic E-state index is 10.7. The number of carbonyl (C=O) groups is 1. The van der Waals surface area contributed by atoms with Crippen LogP contribution in [0.15, 0.2) is 24.3 Å². The number of benzene rings is 1. The quantitative estimate of drug-likeness (QED) is 0.533. The summed E-state index contributed by atoms with van der Waals surface area (Å²) in [5.74, 6) is 0.744. The molecule has 1 rings (SSSR count). The van der Waals surface area contributed by atoms with Gasteiger partial charge in [-0.3, -0.25) is 4.79 Å². The maximum absolute atomic E-state index is 10.7. The minimum Gasteiger partial charge on any atom is -0.544 e. The molecule has 0 spiro atoms. The fourth-order valence-electron chi connectivity index (χ4n) is 2.25. The Bertz CT molecular complexity index is 402. The molecule has 0 aliphatic rings. The molecule has 0 aliphatic carbocycles. The summed E-state index contributed by atoms with van der Waals surface area (Å²) in [5.41, 5.74) is 1.16. The first kappa shape index (κ1) is 16.8. The molecule has 0 radical (unpaired) electrons. The highest BCUT2D eigenvalue weighted by Gasteiger charge is 2.30. The Kier molecular flexibility index (Phi) is 6.79. The molecular formula is C16H26O3Si. The number of hydrogen-bond donors (Lipinski definition) is 0. The minimum absolute atomic E-state index is 0.227. The molecule has 0 fully saturated rings. The second-order valence-corrected chi connectivity index (χ2v) is 9.77. The normalized spacial score (nSPS) is 11.2. The first-order valence-corrected chi connectivity index (χ1v) is 9.99. The van der Waals surface area contributed by atoms with Crippen LogP contribution in [0.5, 0.6) is 5.75 Å². The minimum atomic E-state index is -1.59. The maximum Gasteiger partial charge on any atom is 0.302 e. The Morgan fingerprint density at radius 2 is 1.60 bits per heavy atom. The summed E-state index contributed by atoms with van der Waals surface area (Å²) < 4.78 is 11.2. The summed E-state index contributed by atoms with van der Waals surface area (Å²) in [4.78, 5) is 10.7. The van der Waals surface area contributed by atoms with Gasteiger partial charge in [-0.25, -0.2) is 0 Å². The van der Waals surface area contributed by atoms with Gasteiger partial charge < -0.3 is 9.16 Å². The van der Waals surface area contributed by atoms with Gasteiger partial charge in [0.05, 0.1) is 6.61 Å². The molecule has 20 heavy (non-hydrogen) atoms. The van der Waals surface area contributed by atoms with E-state index >= 15 is 0 Å². The van der Waals surface area contributed by atoms with Gasteiger partial charge in [0.15, 0.2) is 0 Å². The van der Waals surface area contributed by atoms with Crippen LogP contribution in [0.1, 0.15) is 33.3 Å². The van der Waals surface area contributed by atoms with Crippen molar-refractivity contribution in [3.8, 4) is 5.75 Å². The third kappa shape index (κ3) is 5.00. The number of esters is 1. The highest BCUT2D eigenvalue weighted by atomic mass is 28.4. The standard InChI is InChI=1S/C16H26O3Si/c1-5-20(6-2,7-3)19-16-10-8-15(9-11-16)12-13-18-14(4)17/h8-11H,5-7,12-13H2,1-4H3. The van der Waals surface area contributed by atoms with Gasteiger partial charge in [-0.15, -0.1) is 0 Å². The van der Waals surface area contributed by atoms with Crippen molar-refractivity contribution < 1.29 is 14.0 Å². The van der Waals surface area contributed by atoms with Gasteiger partial charge in [-0.1, -0.05) is 32.9 Å². The summed E-state index contributed by atoms with van der Waals surface area (Å²) in [6.07, 6.45) is 0.748. The fraction of sp³-hybridized carbons (Fsp3) is 0.562. The van der Waals surface area contributed by atoms with E-state index in [1.165, 1.54) is 6.92 Å². The van der Waals surface area contributed by atoms with E-state index < -0.39 is 8.32 Å². The van der Waals surface area contributed by atoms with E-state index in [9.17, 15) is 4.79 Å². The van der Waals surface area contributed by atoms with Crippen LogP contribution in [-0.4, -0.2) is 20.9 Å². The molecule has 112 valence electrons. The lowest BCUT2D eigenvalue weighted by Gasteiger charge is -2.29. The summed E-state index contributed by atoms with van der Waals surface area (Å²) in [6, 6.07) is 11.6. The van der Waals surface area contributed by atoms with Crippen LogP contribution in [0.25, 0.3) is 0 Å². The second-order valence-electron chi connectivity index (χ2n) is 5.08. The molecule has 0 atom stereocenters. The number of carbonyl (C=O) groups excluding carboxylic acids is 1. The van der Waals surface area contributed by atoms with Crippen molar-refractivity contribution in [2.75, 3.05) is 6.61 Å². The van der Waals surface area contributed by atoms with Gasteiger partial charge in [-0.2, -0.15) is 0 Å². The van der Waals surface area contributed by atoms with Gasteiger partial charge in [0.1, 0.15) is 5.75 Å². The lowest BCUT2D eigenvalue weighted by Crippen LogP contribution is -2.39. The highest BCUT2D eigenvalue weighted by Crippen LogP contribution is 2.25. The van der Waals surface area contributed by atoms with E-state index in [0.29, 0.717) is 6.61 Å². The highest BCUT2D eigenvalue weighted by molar-refractivity contribution is 6.74. The van der Waals surface area contributed by atoms with Crippen molar-refractivity contribution in [2.45, 2.75) is 52.2 Å². The SMILES string of the molecule is CC[Si](CC)(CC)Oc1ccc(CCOC(C)=O)cc1. The van der Waals surface area contributed by atoms with Crippen LogP contribution in [0, 0.1) is 0 Å². The molecule has 0 unspecified atom stereocenters. The third-order valence-electron chi connectivity index (χ3n) is 3.89. The smallest absolute Gasteiger partial charge is 0.302 e. The molecule has 0 aromatic heterocycles. The van der Waals surface area contributed by atoms with Gasteiger partial charge in [0, 0.05) is 13.3 Å². The number of ether oxygens (including phenoxy) is 1. The predicted molar refractivity (Wildman–Crippen MR) is 84.6 cm³/mol. The van der Waals surface area contributed by atoms with Gasteiger partial charge in [0.2, 0.25) is 8.32 Å². The van der Waals surface area contributed by atoms with E-state index in [2.05, 4.69) is 32.9 Å². The van der Waals surface area contributed by atoms with Gasteiger partial charge in [-0.05, 0) is 35.8 Å². The third-order valence-corrected chi connectivity index (χ3v) is 8.42. The monoisotopic (exact) mass is 294 g/mol. The number of hydrogen-bond acceptors (Lipinski definition) is 3. The van der Waals surface area contributed by atoms with Crippen LogP contribution in [0.4, 0.5) is 0 Å². The van der Waals surface area contributed by atoms with Crippen molar-refractivity contribution in [3.05, 3.63) is 29.8 Å². The Balaban J connectivity index is 2.59. The molecule has 1 aromatic carbocycles.